The van der Waals surface area contributed by atoms with Gasteiger partial charge in [-0.15, -0.1) is 0 Å². The van der Waals surface area contributed by atoms with E-state index in [0.29, 0.717) is 23.8 Å². The van der Waals surface area contributed by atoms with Gasteiger partial charge in [0.1, 0.15) is 17.9 Å². The molecule has 0 aromatic heterocycles. The minimum atomic E-state index is -0.662. The Bertz CT molecular complexity index is 578. The maximum absolute atomic E-state index is 10.8. The van der Waals surface area contributed by atoms with E-state index in [1.807, 2.05) is 6.92 Å². The van der Waals surface area contributed by atoms with Crippen LogP contribution in [0.4, 0.5) is 5.69 Å². The van der Waals surface area contributed by atoms with Gasteiger partial charge in [-0.3, -0.25) is 15.4 Å². The minimum absolute atomic E-state index is 0.0720. The van der Waals surface area contributed by atoms with Gasteiger partial charge in [0.05, 0.1) is 11.0 Å². The second kappa shape index (κ2) is 6.10. The van der Waals surface area contributed by atoms with Crippen LogP contribution in [0.3, 0.4) is 0 Å². The van der Waals surface area contributed by atoms with Crippen LogP contribution in [0.15, 0.2) is 18.2 Å². The molecule has 0 spiro atoms. The lowest BCUT2D eigenvalue weighted by molar-refractivity contribution is -0.385. The summed E-state index contributed by atoms with van der Waals surface area (Å²) in [6.45, 7) is 4.59. The van der Waals surface area contributed by atoms with Crippen molar-refractivity contribution in [2.75, 3.05) is 13.2 Å². The number of ether oxygens (including phenoxy) is 1. The molecule has 0 saturated heterocycles. The third-order valence-electron chi connectivity index (χ3n) is 3.80. The smallest absolute Gasteiger partial charge is 0.272 e. The monoisotopic (exact) mass is 289 g/mol. The normalized spacial score (nSPS) is 16.8. The number of nitro benzene ring substituents is 1. The summed E-state index contributed by atoms with van der Waals surface area (Å²) in [6, 6.07) is 7.00. The lowest BCUT2D eigenvalue weighted by Crippen LogP contribution is -2.50. The number of nitro groups is 1. The molecule has 1 aliphatic rings. The minimum Gasteiger partial charge on any atom is -0.491 e. The Morgan fingerprint density at radius 3 is 2.76 bits per heavy atom. The van der Waals surface area contributed by atoms with Crippen LogP contribution in [0, 0.1) is 34.3 Å². The number of hydrogen-bond acceptors (Lipinski definition) is 5. The summed E-state index contributed by atoms with van der Waals surface area (Å²) >= 11 is 0. The van der Waals surface area contributed by atoms with Crippen LogP contribution in [-0.2, 0) is 0 Å². The summed E-state index contributed by atoms with van der Waals surface area (Å²) in [7, 11) is 0. The molecule has 6 nitrogen and oxygen atoms in total. The van der Waals surface area contributed by atoms with Crippen molar-refractivity contribution < 1.29 is 9.66 Å². The standard InChI is InChI=1S/C15H19N3O3/c1-3-17-15(9-16,12-4-5-12)10-21-13-6-7-14(18(19)20)11(2)8-13/h6-8,12,17H,3-5,10H2,1-2H3. The van der Waals surface area contributed by atoms with Gasteiger partial charge >= 0.3 is 0 Å². The van der Waals surface area contributed by atoms with Gasteiger partial charge in [-0.1, -0.05) is 6.92 Å². The first-order valence-electron chi connectivity index (χ1n) is 7.06. The highest BCUT2D eigenvalue weighted by Gasteiger charge is 2.46. The third kappa shape index (κ3) is 3.31. The Morgan fingerprint density at radius 2 is 2.29 bits per heavy atom. The molecule has 21 heavy (non-hydrogen) atoms. The molecule has 0 radical (unpaired) electrons. The highest BCUT2D eigenvalue weighted by molar-refractivity contribution is 5.44. The number of likely N-dealkylation sites (N-methyl/N-ethyl adjacent to an activating group) is 1. The van der Waals surface area contributed by atoms with Gasteiger partial charge in [0.15, 0.2) is 0 Å². The molecule has 2 rings (SSSR count). The van der Waals surface area contributed by atoms with E-state index in [4.69, 9.17) is 4.74 Å². The molecule has 112 valence electrons. The zero-order chi connectivity index (χ0) is 15.5. The van der Waals surface area contributed by atoms with Crippen molar-refractivity contribution in [1.29, 1.82) is 5.26 Å². The Balaban J connectivity index is 2.09. The fourth-order valence-corrected chi connectivity index (χ4v) is 2.49. The fraction of sp³-hybridized carbons (Fsp3) is 0.533. The lowest BCUT2D eigenvalue weighted by Gasteiger charge is -2.27. The SMILES string of the molecule is CCNC(C#N)(COc1ccc([N+](=O)[O-])c(C)c1)C1CC1. The van der Waals surface area contributed by atoms with Crippen molar-refractivity contribution in [1.82, 2.24) is 5.32 Å². The van der Waals surface area contributed by atoms with Crippen LogP contribution in [0.2, 0.25) is 0 Å². The fourth-order valence-electron chi connectivity index (χ4n) is 2.49. The summed E-state index contributed by atoms with van der Waals surface area (Å²) in [4.78, 5) is 10.4. The molecule has 1 aromatic rings. The van der Waals surface area contributed by atoms with Gasteiger partial charge in [0, 0.05) is 11.6 Å². The first-order chi connectivity index (χ1) is 10.0. The van der Waals surface area contributed by atoms with Gasteiger partial charge in [-0.25, -0.2) is 0 Å². The van der Waals surface area contributed by atoms with E-state index in [1.54, 1.807) is 19.1 Å². The molecule has 1 unspecified atom stereocenters. The predicted molar refractivity (Wildman–Crippen MR) is 78.1 cm³/mol. The number of rotatable bonds is 7. The van der Waals surface area contributed by atoms with Crippen LogP contribution >= 0.6 is 0 Å². The average molecular weight is 289 g/mol. The van der Waals surface area contributed by atoms with E-state index >= 15 is 0 Å². The molecular formula is C15H19N3O3. The highest BCUT2D eigenvalue weighted by Crippen LogP contribution is 2.40. The summed E-state index contributed by atoms with van der Waals surface area (Å²) in [6.07, 6.45) is 2.06. The molecule has 1 aliphatic carbocycles. The van der Waals surface area contributed by atoms with E-state index < -0.39 is 10.5 Å². The van der Waals surface area contributed by atoms with Crippen molar-refractivity contribution in [3.8, 4) is 11.8 Å². The molecule has 6 heteroatoms. The van der Waals surface area contributed by atoms with Crippen LogP contribution in [-0.4, -0.2) is 23.6 Å². The quantitative estimate of drug-likeness (QED) is 0.615. The zero-order valence-corrected chi connectivity index (χ0v) is 12.3. The summed E-state index contributed by atoms with van der Waals surface area (Å²) in [5.74, 6) is 0.873. The second-order valence-electron chi connectivity index (χ2n) is 5.38. The van der Waals surface area contributed by atoms with Crippen LogP contribution in [0.5, 0.6) is 5.75 Å². The van der Waals surface area contributed by atoms with Crippen LogP contribution in [0.1, 0.15) is 25.3 Å². The van der Waals surface area contributed by atoms with E-state index in [9.17, 15) is 15.4 Å². The van der Waals surface area contributed by atoms with E-state index in [1.165, 1.54) is 6.07 Å². The largest absolute Gasteiger partial charge is 0.491 e. The number of benzene rings is 1. The topological polar surface area (TPSA) is 88.2 Å². The van der Waals surface area contributed by atoms with Crippen molar-refractivity contribution in [2.45, 2.75) is 32.2 Å². The van der Waals surface area contributed by atoms with Crippen LogP contribution < -0.4 is 10.1 Å². The number of nitrogens with one attached hydrogen (secondary N) is 1. The zero-order valence-electron chi connectivity index (χ0n) is 12.3. The molecule has 0 aliphatic heterocycles. The molecule has 1 N–H and O–H groups in total. The molecule has 0 heterocycles. The number of nitriles is 1. The Kier molecular flexibility index (Phi) is 4.43. The molecule has 1 atom stereocenters. The van der Waals surface area contributed by atoms with Gasteiger partial charge in [-0.2, -0.15) is 5.26 Å². The first kappa shape index (κ1) is 15.3. The van der Waals surface area contributed by atoms with Gasteiger partial charge in [-0.05, 0) is 44.4 Å². The average Bonchev–Trinajstić information content (AvgIpc) is 3.28. The van der Waals surface area contributed by atoms with E-state index in [2.05, 4.69) is 11.4 Å². The Labute approximate surface area is 123 Å². The molecule has 1 aromatic carbocycles. The van der Waals surface area contributed by atoms with Gasteiger partial charge < -0.3 is 4.74 Å². The Morgan fingerprint density at radius 1 is 1.57 bits per heavy atom. The summed E-state index contributed by atoms with van der Waals surface area (Å²) in [5.41, 5.74) is -0.0394. The summed E-state index contributed by atoms with van der Waals surface area (Å²) < 4.78 is 5.72. The third-order valence-corrected chi connectivity index (χ3v) is 3.80. The lowest BCUT2D eigenvalue weighted by atomic mass is 9.96. The summed E-state index contributed by atoms with van der Waals surface area (Å²) in [5, 5.41) is 23.5. The molecule has 1 fully saturated rings. The maximum Gasteiger partial charge on any atom is 0.272 e. The molecular weight excluding hydrogens is 270 g/mol. The van der Waals surface area contributed by atoms with Gasteiger partial charge in [0.2, 0.25) is 0 Å². The van der Waals surface area contributed by atoms with E-state index in [-0.39, 0.29) is 12.3 Å². The van der Waals surface area contributed by atoms with E-state index in [0.717, 1.165) is 12.8 Å². The maximum atomic E-state index is 10.8. The van der Waals surface area contributed by atoms with Crippen molar-refractivity contribution in [3.63, 3.8) is 0 Å². The van der Waals surface area contributed by atoms with Crippen molar-refractivity contribution in [2.24, 2.45) is 5.92 Å². The van der Waals surface area contributed by atoms with Crippen LogP contribution in [0.25, 0.3) is 0 Å². The molecule has 0 amide bonds. The second-order valence-corrected chi connectivity index (χ2v) is 5.38. The van der Waals surface area contributed by atoms with Crippen molar-refractivity contribution in [3.05, 3.63) is 33.9 Å². The molecule has 1 saturated carbocycles. The number of nitrogens with zero attached hydrogens (tertiary/aromatic N) is 2. The predicted octanol–water partition coefficient (Wildman–Crippen LogP) is 2.56. The van der Waals surface area contributed by atoms with Crippen molar-refractivity contribution >= 4 is 5.69 Å². The number of hydrogen-bond donors (Lipinski definition) is 1. The first-order valence-corrected chi connectivity index (χ1v) is 7.06. The highest BCUT2D eigenvalue weighted by atomic mass is 16.6. The van der Waals surface area contributed by atoms with Gasteiger partial charge in [0.25, 0.3) is 5.69 Å². The molecule has 0 bridgehead atoms. The Hall–Kier alpha value is -2.13. The number of aryl methyl sites for hydroxylation is 1.